The summed E-state index contributed by atoms with van der Waals surface area (Å²) in [5, 5.41) is 13.2. The molecule has 1 atom stereocenters. The third-order valence-corrected chi connectivity index (χ3v) is 5.64. The van der Waals surface area contributed by atoms with Crippen LogP contribution >= 0.6 is 0 Å². The Morgan fingerprint density at radius 2 is 1.89 bits per heavy atom. The maximum Gasteiger partial charge on any atom is 0.224 e. The van der Waals surface area contributed by atoms with Crippen LogP contribution in [0.15, 0.2) is 60.3 Å². The number of aryl methyl sites for hydroxylation is 1. The highest BCUT2D eigenvalue weighted by Crippen LogP contribution is 2.35. The van der Waals surface area contributed by atoms with Crippen molar-refractivity contribution in [3.05, 3.63) is 82.6 Å². The van der Waals surface area contributed by atoms with E-state index in [1.807, 2.05) is 37.2 Å². The second kappa shape index (κ2) is 7.64. The number of likely N-dealkylation sites (N-methyl/N-ethyl adjacent to an activating group) is 1. The zero-order valence-electron chi connectivity index (χ0n) is 16.4. The Hall–Kier alpha value is -2.85. The van der Waals surface area contributed by atoms with E-state index in [-0.39, 0.29) is 5.91 Å². The van der Waals surface area contributed by atoms with E-state index in [0.717, 1.165) is 36.1 Å². The van der Waals surface area contributed by atoms with Crippen molar-refractivity contribution < 1.29 is 9.90 Å². The summed E-state index contributed by atoms with van der Waals surface area (Å²) in [6.07, 6.45) is 6.66. The topological polar surface area (TPSA) is 52.6 Å². The monoisotopic (exact) mass is 374 g/mol. The fraction of sp³-hybridized carbons (Fsp3) is 0.292. The third kappa shape index (κ3) is 3.60. The fourth-order valence-corrected chi connectivity index (χ4v) is 4.13. The zero-order valence-corrected chi connectivity index (χ0v) is 16.4. The van der Waals surface area contributed by atoms with Crippen LogP contribution in [0.25, 0.3) is 5.57 Å². The molecule has 1 amide bonds. The highest BCUT2D eigenvalue weighted by atomic mass is 16.3. The van der Waals surface area contributed by atoms with Gasteiger partial charge in [-0.15, -0.1) is 0 Å². The number of aliphatic hydroxyl groups is 1. The Labute approximate surface area is 166 Å². The average Bonchev–Trinajstić information content (AvgIpc) is 2.70. The van der Waals surface area contributed by atoms with Crippen molar-refractivity contribution in [3.8, 4) is 0 Å². The lowest BCUT2D eigenvalue weighted by Crippen LogP contribution is -2.30. The highest BCUT2D eigenvalue weighted by Gasteiger charge is 2.23. The Kier molecular flexibility index (Phi) is 5.05. The average molecular weight is 374 g/mol. The molecule has 0 radical (unpaired) electrons. The summed E-state index contributed by atoms with van der Waals surface area (Å²) in [5.41, 5.74) is 8.00. The van der Waals surface area contributed by atoms with Crippen LogP contribution in [-0.4, -0.2) is 29.2 Å². The second-order valence-electron chi connectivity index (χ2n) is 7.66. The van der Waals surface area contributed by atoms with Crippen molar-refractivity contribution in [2.75, 3.05) is 12.4 Å². The summed E-state index contributed by atoms with van der Waals surface area (Å²) in [7, 11) is 1.89. The van der Waals surface area contributed by atoms with Crippen LogP contribution in [0.4, 0.5) is 5.69 Å². The van der Waals surface area contributed by atoms with Gasteiger partial charge in [-0.2, -0.15) is 0 Å². The number of hydrogen-bond acceptors (Lipinski definition) is 3. The zero-order chi connectivity index (χ0) is 19.7. The summed E-state index contributed by atoms with van der Waals surface area (Å²) in [4.78, 5) is 13.7. The summed E-state index contributed by atoms with van der Waals surface area (Å²) >= 11 is 0. The Morgan fingerprint density at radius 1 is 1.11 bits per heavy atom. The molecule has 4 heteroatoms. The molecule has 28 heavy (non-hydrogen) atoms. The van der Waals surface area contributed by atoms with Crippen LogP contribution in [0, 0.1) is 0 Å². The van der Waals surface area contributed by atoms with Crippen molar-refractivity contribution in [2.24, 2.45) is 0 Å². The van der Waals surface area contributed by atoms with Gasteiger partial charge in [0.05, 0.1) is 0 Å². The standard InChI is InChI=1S/C24H26N2O2/c1-16-14-18(15-26(2)24(16)28)19-10-12-22-21(11-13-23(27)25-22)20(19)9-8-17-6-4-3-5-7-17/h3-7,10,12,14-15,24,28H,8-9,11,13H2,1-2H3,(H,25,27). The molecule has 0 bridgehead atoms. The molecule has 4 nitrogen and oxygen atoms in total. The Balaban J connectivity index is 1.76. The number of nitrogens with one attached hydrogen (secondary N) is 1. The largest absolute Gasteiger partial charge is 0.370 e. The van der Waals surface area contributed by atoms with E-state index in [1.165, 1.54) is 22.3 Å². The SMILES string of the molecule is CC1=CC(c2ccc3c(c2CCc2ccccc2)CCC(=O)N3)=CN(C)C1O. The van der Waals surface area contributed by atoms with E-state index >= 15 is 0 Å². The summed E-state index contributed by atoms with van der Waals surface area (Å²) in [6.45, 7) is 1.95. The number of carbonyl (C=O) groups is 1. The summed E-state index contributed by atoms with van der Waals surface area (Å²) < 4.78 is 0. The molecule has 2 N–H and O–H groups in total. The first-order chi connectivity index (χ1) is 13.5. The van der Waals surface area contributed by atoms with Crippen LogP contribution in [0.5, 0.6) is 0 Å². The smallest absolute Gasteiger partial charge is 0.224 e. The maximum atomic E-state index is 11.9. The van der Waals surface area contributed by atoms with Crippen molar-refractivity contribution >= 4 is 17.2 Å². The van der Waals surface area contributed by atoms with E-state index in [9.17, 15) is 9.90 Å². The third-order valence-electron chi connectivity index (χ3n) is 5.64. The molecule has 2 aromatic carbocycles. The van der Waals surface area contributed by atoms with Crippen LogP contribution in [0.1, 0.15) is 35.6 Å². The molecular formula is C24H26N2O2. The molecule has 1 unspecified atom stereocenters. The normalized spacial score (nSPS) is 18.9. The number of carbonyl (C=O) groups excluding carboxylic acids is 1. The maximum absolute atomic E-state index is 11.9. The molecule has 0 aromatic heterocycles. The van der Waals surface area contributed by atoms with Crippen LogP contribution < -0.4 is 5.32 Å². The number of allylic oxidation sites excluding steroid dienone is 2. The molecule has 0 aliphatic carbocycles. The van der Waals surface area contributed by atoms with Gasteiger partial charge < -0.3 is 15.3 Å². The Bertz CT molecular complexity index is 960. The lowest BCUT2D eigenvalue weighted by atomic mass is 9.86. The highest BCUT2D eigenvalue weighted by molar-refractivity contribution is 5.95. The van der Waals surface area contributed by atoms with Gasteiger partial charge in [-0.25, -0.2) is 0 Å². The number of nitrogens with zero attached hydrogens (tertiary/aromatic N) is 1. The number of fused-ring (bicyclic) bond motifs is 1. The van der Waals surface area contributed by atoms with Gasteiger partial charge in [0, 0.05) is 25.4 Å². The van der Waals surface area contributed by atoms with Crippen molar-refractivity contribution in [1.29, 1.82) is 0 Å². The summed E-state index contributed by atoms with van der Waals surface area (Å²) in [6, 6.07) is 14.6. The number of rotatable bonds is 4. The number of benzene rings is 2. The van der Waals surface area contributed by atoms with Gasteiger partial charge in [0.1, 0.15) is 6.23 Å². The molecule has 0 saturated heterocycles. The van der Waals surface area contributed by atoms with E-state index in [1.54, 1.807) is 0 Å². The first-order valence-corrected chi connectivity index (χ1v) is 9.82. The molecule has 4 rings (SSSR count). The van der Waals surface area contributed by atoms with Gasteiger partial charge in [-0.1, -0.05) is 36.4 Å². The molecule has 2 aliphatic rings. The number of amides is 1. The number of aliphatic hydroxyl groups excluding tert-OH is 1. The van der Waals surface area contributed by atoms with E-state index in [2.05, 4.69) is 41.7 Å². The van der Waals surface area contributed by atoms with Crippen molar-refractivity contribution in [3.63, 3.8) is 0 Å². The van der Waals surface area contributed by atoms with Gasteiger partial charge in [0.2, 0.25) is 5.91 Å². The molecule has 0 saturated carbocycles. The van der Waals surface area contributed by atoms with Gasteiger partial charge in [-0.3, -0.25) is 4.79 Å². The van der Waals surface area contributed by atoms with Crippen LogP contribution in [0.2, 0.25) is 0 Å². The second-order valence-corrected chi connectivity index (χ2v) is 7.66. The van der Waals surface area contributed by atoms with E-state index in [4.69, 9.17) is 0 Å². The molecule has 0 fully saturated rings. The van der Waals surface area contributed by atoms with E-state index < -0.39 is 6.23 Å². The molecule has 0 spiro atoms. The van der Waals surface area contributed by atoms with Gasteiger partial charge in [0.25, 0.3) is 0 Å². The lowest BCUT2D eigenvalue weighted by molar-refractivity contribution is -0.116. The molecular weight excluding hydrogens is 348 g/mol. The van der Waals surface area contributed by atoms with Crippen LogP contribution in [0.3, 0.4) is 0 Å². The van der Waals surface area contributed by atoms with E-state index in [0.29, 0.717) is 6.42 Å². The van der Waals surface area contributed by atoms with Crippen molar-refractivity contribution in [1.82, 2.24) is 4.90 Å². The minimum absolute atomic E-state index is 0.0877. The van der Waals surface area contributed by atoms with Gasteiger partial charge >= 0.3 is 0 Å². The minimum atomic E-state index is -0.576. The Morgan fingerprint density at radius 3 is 2.64 bits per heavy atom. The number of anilines is 1. The number of hydrogen-bond donors (Lipinski definition) is 2. The molecule has 2 heterocycles. The minimum Gasteiger partial charge on any atom is -0.370 e. The first-order valence-electron chi connectivity index (χ1n) is 9.82. The van der Waals surface area contributed by atoms with Crippen LogP contribution in [-0.2, 0) is 24.1 Å². The predicted molar refractivity (Wildman–Crippen MR) is 113 cm³/mol. The predicted octanol–water partition coefficient (Wildman–Crippen LogP) is 3.91. The fourth-order valence-electron chi connectivity index (χ4n) is 4.13. The van der Waals surface area contributed by atoms with Gasteiger partial charge in [0.15, 0.2) is 0 Å². The molecule has 2 aliphatic heterocycles. The first kappa shape index (κ1) is 18.5. The van der Waals surface area contributed by atoms with Crippen molar-refractivity contribution in [2.45, 2.75) is 38.8 Å². The van der Waals surface area contributed by atoms with Gasteiger partial charge in [-0.05, 0) is 71.7 Å². The molecule has 144 valence electrons. The molecule has 2 aromatic rings. The lowest BCUT2D eigenvalue weighted by Gasteiger charge is -2.29. The summed E-state index contributed by atoms with van der Waals surface area (Å²) in [5.74, 6) is 0.0877. The quantitative estimate of drug-likeness (QED) is 0.853.